The fraction of sp³-hybridized carbons (Fsp3) is 0.154. The van der Waals surface area contributed by atoms with Crippen LogP contribution < -0.4 is 11.1 Å². The van der Waals surface area contributed by atoms with Gasteiger partial charge in [-0.15, -0.1) is 0 Å². The number of anilines is 2. The van der Waals surface area contributed by atoms with Crippen LogP contribution >= 0.6 is 0 Å². The van der Waals surface area contributed by atoms with Crippen LogP contribution in [0.15, 0.2) is 42.7 Å². The Morgan fingerprint density at radius 2 is 2.25 bits per heavy atom. The topological polar surface area (TPSA) is 50.9 Å². The van der Waals surface area contributed by atoms with Gasteiger partial charge in [-0.2, -0.15) is 0 Å². The first-order valence-electron chi connectivity index (χ1n) is 5.19. The average Bonchev–Trinajstić information content (AvgIpc) is 2.28. The van der Waals surface area contributed by atoms with Gasteiger partial charge in [0.2, 0.25) is 0 Å². The number of nitrogens with zero attached hydrogens (tertiary/aromatic N) is 1. The molecule has 3 nitrogen and oxygen atoms in total. The number of pyridine rings is 1. The molecular weight excluding hydrogens is 198 g/mol. The minimum Gasteiger partial charge on any atom is -0.397 e. The summed E-state index contributed by atoms with van der Waals surface area (Å²) in [6, 6.07) is 5.92. The molecule has 0 atom stereocenters. The normalized spacial score (nSPS) is 10.3. The highest BCUT2D eigenvalue weighted by Gasteiger charge is 2.03. The van der Waals surface area contributed by atoms with E-state index in [0.29, 0.717) is 0 Å². The molecule has 0 spiro atoms. The van der Waals surface area contributed by atoms with Crippen molar-refractivity contribution in [1.82, 2.24) is 4.98 Å². The van der Waals surface area contributed by atoms with E-state index in [1.807, 2.05) is 31.3 Å². The summed E-state index contributed by atoms with van der Waals surface area (Å²) in [5.41, 5.74) is 8.87. The molecule has 2 rings (SSSR count). The van der Waals surface area contributed by atoms with Crippen molar-refractivity contribution in [3.8, 4) is 0 Å². The van der Waals surface area contributed by atoms with Crippen molar-refractivity contribution in [2.24, 2.45) is 0 Å². The van der Waals surface area contributed by atoms with Crippen LogP contribution in [0, 0.1) is 0 Å². The fourth-order valence-corrected chi connectivity index (χ4v) is 1.59. The van der Waals surface area contributed by atoms with Crippen LogP contribution in [0.5, 0.6) is 0 Å². The van der Waals surface area contributed by atoms with Crippen LogP contribution in [0.2, 0.25) is 0 Å². The summed E-state index contributed by atoms with van der Waals surface area (Å²) in [6.45, 7) is 6.57. The lowest BCUT2D eigenvalue weighted by molar-refractivity contribution is 1.22. The first kappa shape index (κ1) is 10.5. The maximum absolute atomic E-state index is 6.09. The van der Waals surface area contributed by atoms with Crippen LogP contribution in [0.4, 0.5) is 11.4 Å². The number of hydrogen-bond acceptors (Lipinski definition) is 3. The summed E-state index contributed by atoms with van der Waals surface area (Å²) in [7, 11) is 0. The molecule has 16 heavy (non-hydrogen) atoms. The molecule has 0 saturated carbocycles. The summed E-state index contributed by atoms with van der Waals surface area (Å²) in [5.74, 6) is 0. The van der Waals surface area contributed by atoms with E-state index in [4.69, 9.17) is 5.73 Å². The average molecular weight is 213 g/mol. The monoisotopic (exact) mass is 213 g/mol. The van der Waals surface area contributed by atoms with Gasteiger partial charge in [-0.3, -0.25) is 4.98 Å². The van der Waals surface area contributed by atoms with Crippen LogP contribution in [0.25, 0.3) is 10.8 Å². The molecule has 2 aromatic rings. The standard InChI is InChI=1S/C13H15N3/c1-9(2)7-16-12-4-3-10-8-15-6-5-11(10)13(12)14/h3-6,8,16H,1,7,14H2,2H3. The van der Waals surface area contributed by atoms with Gasteiger partial charge in [0, 0.05) is 29.7 Å². The van der Waals surface area contributed by atoms with E-state index >= 15 is 0 Å². The lowest BCUT2D eigenvalue weighted by atomic mass is 10.1. The number of nitrogens with two attached hydrogens (primary N) is 1. The van der Waals surface area contributed by atoms with Crippen molar-refractivity contribution in [3.05, 3.63) is 42.7 Å². The molecule has 0 amide bonds. The number of rotatable bonds is 3. The first-order chi connectivity index (χ1) is 7.68. The fourth-order valence-electron chi connectivity index (χ4n) is 1.59. The molecule has 0 aliphatic rings. The van der Waals surface area contributed by atoms with Crippen LogP contribution in [-0.2, 0) is 0 Å². The molecule has 0 radical (unpaired) electrons. The van der Waals surface area contributed by atoms with Crippen LogP contribution in [-0.4, -0.2) is 11.5 Å². The predicted molar refractivity (Wildman–Crippen MR) is 69.5 cm³/mol. The van der Waals surface area contributed by atoms with E-state index in [0.717, 1.165) is 34.3 Å². The summed E-state index contributed by atoms with van der Waals surface area (Å²) in [5, 5.41) is 5.35. The minimum absolute atomic E-state index is 0.737. The molecule has 1 heterocycles. The molecule has 3 N–H and O–H groups in total. The highest BCUT2D eigenvalue weighted by atomic mass is 14.9. The molecule has 0 fully saturated rings. The molecule has 3 heteroatoms. The van der Waals surface area contributed by atoms with Crippen LogP contribution in [0.1, 0.15) is 6.92 Å². The van der Waals surface area contributed by atoms with E-state index in [9.17, 15) is 0 Å². The van der Waals surface area contributed by atoms with Gasteiger partial charge in [0.05, 0.1) is 11.4 Å². The second kappa shape index (κ2) is 4.23. The summed E-state index contributed by atoms with van der Waals surface area (Å²) >= 11 is 0. The molecular formula is C13H15N3. The van der Waals surface area contributed by atoms with E-state index < -0.39 is 0 Å². The van der Waals surface area contributed by atoms with Crippen molar-refractivity contribution >= 4 is 22.1 Å². The summed E-state index contributed by atoms with van der Waals surface area (Å²) in [4.78, 5) is 4.07. The van der Waals surface area contributed by atoms with Gasteiger partial charge in [-0.05, 0) is 19.1 Å². The van der Waals surface area contributed by atoms with Crippen molar-refractivity contribution < 1.29 is 0 Å². The Kier molecular flexibility index (Phi) is 2.77. The quantitative estimate of drug-likeness (QED) is 0.609. The number of nitrogens with one attached hydrogen (secondary N) is 1. The third-order valence-electron chi connectivity index (χ3n) is 2.44. The predicted octanol–water partition coefficient (Wildman–Crippen LogP) is 2.81. The third kappa shape index (κ3) is 1.98. The van der Waals surface area contributed by atoms with Gasteiger partial charge in [0.1, 0.15) is 0 Å². The Balaban J connectivity index is 2.40. The Morgan fingerprint density at radius 1 is 1.44 bits per heavy atom. The van der Waals surface area contributed by atoms with Crippen molar-refractivity contribution in [2.75, 3.05) is 17.6 Å². The van der Waals surface area contributed by atoms with Gasteiger partial charge < -0.3 is 11.1 Å². The zero-order chi connectivity index (χ0) is 11.5. The Hall–Kier alpha value is -2.03. The maximum atomic E-state index is 6.09. The van der Waals surface area contributed by atoms with Gasteiger partial charge in [-0.1, -0.05) is 18.2 Å². The second-order valence-corrected chi connectivity index (χ2v) is 3.93. The van der Waals surface area contributed by atoms with Crippen LogP contribution in [0.3, 0.4) is 0 Å². The minimum atomic E-state index is 0.737. The molecule has 0 saturated heterocycles. The number of aromatic nitrogens is 1. The Labute approximate surface area is 95.0 Å². The zero-order valence-corrected chi connectivity index (χ0v) is 9.33. The molecule has 1 aromatic carbocycles. The molecule has 1 aromatic heterocycles. The van der Waals surface area contributed by atoms with E-state index in [2.05, 4.69) is 16.9 Å². The van der Waals surface area contributed by atoms with Crippen molar-refractivity contribution in [1.29, 1.82) is 0 Å². The van der Waals surface area contributed by atoms with E-state index in [1.54, 1.807) is 6.20 Å². The number of nitrogen functional groups attached to an aromatic ring is 1. The highest BCUT2D eigenvalue weighted by Crippen LogP contribution is 2.27. The van der Waals surface area contributed by atoms with Gasteiger partial charge in [0.25, 0.3) is 0 Å². The summed E-state index contributed by atoms with van der Waals surface area (Å²) in [6.07, 6.45) is 3.56. The lowest BCUT2D eigenvalue weighted by Crippen LogP contribution is -2.04. The highest BCUT2D eigenvalue weighted by molar-refractivity contribution is 5.98. The SMILES string of the molecule is C=C(C)CNc1ccc2cnccc2c1N. The number of benzene rings is 1. The lowest BCUT2D eigenvalue weighted by Gasteiger charge is -2.11. The maximum Gasteiger partial charge on any atom is 0.0630 e. The van der Waals surface area contributed by atoms with Crippen molar-refractivity contribution in [2.45, 2.75) is 6.92 Å². The number of hydrogen-bond donors (Lipinski definition) is 2. The van der Waals surface area contributed by atoms with Gasteiger partial charge in [0.15, 0.2) is 0 Å². The molecule has 0 bridgehead atoms. The van der Waals surface area contributed by atoms with Gasteiger partial charge in [-0.25, -0.2) is 0 Å². The third-order valence-corrected chi connectivity index (χ3v) is 2.44. The van der Waals surface area contributed by atoms with Crippen molar-refractivity contribution in [3.63, 3.8) is 0 Å². The van der Waals surface area contributed by atoms with Gasteiger partial charge >= 0.3 is 0 Å². The smallest absolute Gasteiger partial charge is 0.0630 e. The molecule has 0 aliphatic carbocycles. The van der Waals surface area contributed by atoms with E-state index in [1.165, 1.54) is 0 Å². The first-order valence-corrected chi connectivity index (χ1v) is 5.19. The molecule has 0 unspecified atom stereocenters. The Bertz CT molecular complexity index is 532. The summed E-state index contributed by atoms with van der Waals surface area (Å²) < 4.78 is 0. The largest absolute Gasteiger partial charge is 0.397 e. The van der Waals surface area contributed by atoms with E-state index in [-0.39, 0.29) is 0 Å². The second-order valence-electron chi connectivity index (χ2n) is 3.93. The Morgan fingerprint density at radius 3 is 3.00 bits per heavy atom. The zero-order valence-electron chi connectivity index (χ0n) is 9.33. The molecule has 82 valence electrons. The number of fused-ring (bicyclic) bond motifs is 1. The molecule has 0 aliphatic heterocycles.